The number of hydrogen-bond acceptors (Lipinski definition) is 3. The van der Waals surface area contributed by atoms with Crippen molar-refractivity contribution in [3.8, 4) is 6.07 Å². The van der Waals surface area contributed by atoms with Crippen molar-refractivity contribution >= 4 is 5.91 Å². The second-order valence-electron chi connectivity index (χ2n) is 3.74. The van der Waals surface area contributed by atoms with Crippen molar-refractivity contribution in [3.05, 3.63) is 0 Å². The zero-order valence-electron chi connectivity index (χ0n) is 10.5. The van der Waals surface area contributed by atoms with Gasteiger partial charge in [-0.25, -0.2) is 0 Å². The fourth-order valence-electron chi connectivity index (χ4n) is 1.61. The van der Waals surface area contributed by atoms with Crippen LogP contribution in [0.1, 0.15) is 33.1 Å². The Morgan fingerprint density at radius 1 is 1.38 bits per heavy atom. The van der Waals surface area contributed by atoms with Crippen LogP contribution in [-0.4, -0.2) is 37.6 Å². The van der Waals surface area contributed by atoms with Gasteiger partial charge in [0.2, 0.25) is 5.91 Å². The number of carbonyl (C=O) groups excluding carboxylic acids is 1. The predicted molar refractivity (Wildman–Crippen MR) is 62.8 cm³/mol. The van der Waals surface area contributed by atoms with Crippen molar-refractivity contribution in [1.82, 2.24) is 4.90 Å². The quantitative estimate of drug-likeness (QED) is 0.634. The molecule has 0 aromatic carbocycles. The number of hydrogen-bond donors (Lipinski definition) is 0. The lowest BCUT2D eigenvalue weighted by molar-refractivity contribution is -0.136. The van der Waals surface area contributed by atoms with Crippen LogP contribution in [0.25, 0.3) is 0 Å². The molecule has 16 heavy (non-hydrogen) atoms. The standard InChI is InChI=1S/C12H22N2O2/c1-4-11(5-2)12(15)14(8-6-7-13)9-10-16-3/h11H,4-6,8-10H2,1-3H3. The van der Waals surface area contributed by atoms with Gasteiger partial charge in [-0.15, -0.1) is 0 Å². The van der Waals surface area contributed by atoms with Crippen LogP contribution in [0.2, 0.25) is 0 Å². The van der Waals surface area contributed by atoms with Gasteiger partial charge in [0.05, 0.1) is 19.1 Å². The molecule has 0 heterocycles. The molecule has 0 aromatic rings. The first kappa shape index (κ1) is 14.9. The third-order valence-electron chi connectivity index (χ3n) is 2.71. The van der Waals surface area contributed by atoms with Crippen molar-refractivity contribution in [2.45, 2.75) is 33.1 Å². The Morgan fingerprint density at radius 2 is 2.00 bits per heavy atom. The van der Waals surface area contributed by atoms with E-state index < -0.39 is 0 Å². The minimum atomic E-state index is 0.0792. The maximum atomic E-state index is 12.1. The van der Waals surface area contributed by atoms with E-state index in [4.69, 9.17) is 10.00 Å². The smallest absolute Gasteiger partial charge is 0.225 e. The molecule has 0 aliphatic heterocycles. The summed E-state index contributed by atoms with van der Waals surface area (Å²) in [5, 5.41) is 8.56. The van der Waals surface area contributed by atoms with Crippen molar-refractivity contribution in [1.29, 1.82) is 5.26 Å². The molecule has 0 unspecified atom stereocenters. The van der Waals surface area contributed by atoms with E-state index in [2.05, 4.69) is 6.07 Å². The van der Waals surface area contributed by atoms with E-state index in [1.54, 1.807) is 12.0 Å². The lowest BCUT2D eigenvalue weighted by atomic mass is 10.0. The van der Waals surface area contributed by atoms with Crippen LogP contribution in [0.4, 0.5) is 0 Å². The minimum absolute atomic E-state index is 0.0792. The molecule has 0 rings (SSSR count). The topological polar surface area (TPSA) is 53.3 Å². The molecule has 0 saturated carbocycles. The number of methoxy groups -OCH3 is 1. The number of rotatable bonds is 8. The van der Waals surface area contributed by atoms with Gasteiger partial charge in [-0.2, -0.15) is 5.26 Å². The van der Waals surface area contributed by atoms with Crippen molar-refractivity contribution < 1.29 is 9.53 Å². The van der Waals surface area contributed by atoms with Gasteiger partial charge in [0.15, 0.2) is 0 Å². The molecular formula is C12H22N2O2. The minimum Gasteiger partial charge on any atom is -0.383 e. The number of ether oxygens (including phenoxy) is 1. The van der Waals surface area contributed by atoms with E-state index in [0.717, 1.165) is 12.8 Å². The number of nitriles is 1. The van der Waals surface area contributed by atoms with Gasteiger partial charge in [-0.3, -0.25) is 4.79 Å². The van der Waals surface area contributed by atoms with Crippen LogP contribution in [-0.2, 0) is 9.53 Å². The zero-order chi connectivity index (χ0) is 12.4. The summed E-state index contributed by atoms with van der Waals surface area (Å²) in [7, 11) is 1.62. The Morgan fingerprint density at radius 3 is 2.44 bits per heavy atom. The van der Waals surface area contributed by atoms with Gasteiger partial charge in [-0.1, -0.05) is 13.8 Å². The highest BCUT2D eigenvalue weighted by Gasteiger charge is 2.20. The summed E-state index contributed by atoms with van der Waals surface area (Å²) in [5.74, 6) is 0.229. The molecule has 4 nitrogen and oxygen atoms in total. The van der Waals surface area contributed by atoms with Crippen LogP contribution in [0.15, 0.2) is 0 Å². The van der Waals surface area contributed by atoms with E-state index in [0.29, 0.717) is 26.1 Å². The molecule has 0 aliphatic carbocycles. The summed E-state index contributed by atoms with van der Waals surface area (Å²) >= 11 is 0. The van der Waals surface area contributed by atoms with Crippen LogP contribution in [0.5, 0.6) is 0 Å². The highest BCUT2D eigenvalue weighted by Crippen LogP contribution is 2.12. The SMILES string of the molecule is CCC(CC)C(=O)N(CCC#N)CCOC. The molecule has 0 spiro atoms. The third kappa shape index (κ3) is 5.13. The second kappa shape index (κ2) is 9.17. The maximum absolute atomic E-state index is 12.1. The predicted octanol–water partition coefficient (Wildman–Crippen LogP) is 1.81. The Bertz CT molecular complexity index is 232. The molecule has 0 saturated heterocycles. The lowest BCUT2D eigenvalue weighted by Crippen LogP contribution is -2.38. The summed E-state index contributed by atoms with van der Waals surface area (Å²) in [6.07, 6.45) is 2.09. The third-order valence-corrected chi connectivity index (χ3v) is 2.71. The molecule has 0 bridgehead atoms. The Labute approximate surface area is 98.2 Å². The first-order chi connectivity index (χ1) is 7.71. The molecule has 0 atom stereocenters. The lowest BCUT2D eigenvalue weighted by Gasteiger charge is -2.25. The number of nitrogens with zero attached hydrogens (tertiary/aromatic N) is 2. The van der Waals surface area contributed by atoms with E-state index in [1.807, 2.05) is 13.8 Å². The molecule has 1 amide bonds. The average molecular weight is 226 g/mol. The van der Waals surface area contributed by atoms with Gasteiger partial charge in [0, 0.05) is 26.1 Å². The molecule has 0 radical (unpaired) electrons. The van der Waals surface area contributed by atoms with Gasteiger partial charge >= 0.3 is 0 Å². The molecule has 92 valence electrons. The first-order valence-electron chi connectivity index (χ1n) is 5.85. The fraction of sp³-hybridized carbons (Fsp3) is 0.833. The van der Waals surface area contributed by atoms with E-state index in [9.17, 15) is 4.79 Å². The van der Waals surface area contributed by atoms with E-state index in [-0.39, 0.29) is 11.8 Å². The number of amides is 1. The molecule has 0 aliphatic rings. The van der Waals surface area contributed by atoms with Crippen LogP contribution < -0.4 is 0 Å². The largest absolute Gasteiger partial charge is 0.383 e. The van der Waals surface area contributed by atoms with Crippen LogP contribution in [0.3, 0.4) is 0 Å². The molecule has 0 N–H and O–H groups in total. The van der Waals surface area contributed by atoms with Gasteiger partial charge < -0.3 is 9.64 Å². The fourth-order valence-corrected chi connectivity index (χ4v) is 1.61. The van der Waals surface area contributed by atoms with Crippen LogP contribution in [0, 0.1) is 17.2 Å². The monoisotopic (exact) mass is 226 g/mol. The zero-order valence-corrected chi connectivity index (χ0v) is 10.5. The summed E-state index contributed by atoms with van der Waals surface area (Å²) in [4.78, 5) is 13.8. The highest BCUT2D eigenvalue weighted by molar-refractivity contribution is 5.78. The second-order valence-corrected chi connectivity index (χ2v) is 3.74. The Balaban J connectivity index is 4.35. The summed E-state index contributed by atoms with van der Waals surface area (Å²) in [6, 6.07) is 2.07. The van der Waals surface area contributed by atoms with Gasteiger partial charge in [0.1, 0.15) is 0 Å². The highest BCUT2D eigenvalue weighted by atomic mass is 16.5. The molecule has 0 aromatic heterocycles. The molecule has 0 fully saturated rings. The van der Waals surface area contributed by atoms with E-state index >= 15 is 0 Å². The Kier molecular flexibility index (Phi) is 8.55. The average Bonchev–Trinajstić information content (AvgIpc) is 2.30. The van der Waals surface area contributed by atoms with Crippen molar-refractivity contribution in [2.24, 2.45) is 5.92 Å². The number of carbonyl (C=O) groups is 1. The van der Waals surface area contributed by atoms with Gasteiger partial charge in [0.25, 0.3) is 0 Å². The first-order valence-corrected chi connectivity index (χ1v) is 5.85. The summed E-state index contributed by atoms with van der Waals surface area (Å²) in [6.45, 7) is 5.65. The molecular weight excluding hydrogens is 204 g/mol. The molecule has 4 heteroatoms. The van der Waals surface area contributed by atoms with E-state index in [1.165, 1.54) is 0 Å². The van der Waals surface area contributed by atoms with Crippen molar-refractivity contribution in [3.63, 3.8) is 0 Å². The summed E-state index contributed by atoms with van der Waals surface area (Å²) < 4.78 is 4.97. The van der Waals surface area contributed by atoms with Crippen molar-refractivity contribution in [2.75, 3.05) is 26.8 Å². The van der Waals surface area contributed by atoms with Crippen LogP contribution >= 0.6 is 0 Å². The Hall–Kier alpha value is -1.08. The normalized spacial score (nSPS) is 10.2. The van der Waals surface area contributed by atoms with Gasteiger partial charge in [-0.05, 0) is 12.8 Å². The maximum Gasteiger partial charge on any atom is 0.225 e. The summed E-state index contributed by atoms with van der Waals surface area (Å²) in [5.41, 5.74) is 0.